The van der Waals surface area contributed by atoms with Crippen molar-refractivity contribution in [1.29, 1.82) is 0 Å². The molecule has 1 aliphatic rings. The number of halogens is 1. The Hall–Kier alpha value is -5.40. The minimum Gasteiger partial charge on any atom is -0.489 e. The number of rotatable bonds is 8. The fourth-order valence-electron chi connectivity index (χ4n) is 4.76. The smallest absolute Gasteiger partial charge is 0.335 e. The summed E-state index contributed by atoms with van der Waals surface area (Å²) in [6.07, 6.45) is 1.48. The van der Waals surface area contributed by atoms with Gasteiger partial charge in [-0.05, 0) is 70.4 Å². The summed E-state index contributed by atoms with van der Waals surface area (Å²) in [4.78, 5) is 40.5. The van der Waals surface area contributed by atoms with E-state index >= 15 is 0 Å². The third-order valence-electron chi connectivity index (χ3n) is 6.97. The number of ether oxygens (including phenoxy) is 2. The van der Waals surface area contributed by atoms with Crippen molar-refractivity contribution in [3.63, 3.8) is 0 Å². The van der Waals surface area contributed by atoms with E-state index in [-0.39, 0.29) is 12.2 Å². The van der Waals surface area contributed by atoms with Crippen molar-refractivity contribution < 1.29 is 23.9 Å². The fourth-order valence-corrected chi connectivity index (χ4v) is 4.89. The lowest BCUT2D eigenvalue weighted by molar-refractivity contribution is -0.122. The first-order valence-electron chi connectivity index (χ1n) is 13.5. The maximum atomic E-state index is 13.7. The number of nitrogens with zero attached hydrogens (tertiary/aromatic N) is 1. The van der Waals surface area contributed by atoms with Crippen LogP contribution in [0.25, 0.3) is 16.8 Å². The summed E-state index contributed by atoms with van der Waals surface area (Å²) in [7, 11) is 0. The van der Waals surface area contributed by atoms with Crippen molar-refractivity contribution in [3.8, 4) is 11.5 Å². The van der Waals surface area contributed by atoms with Crippen molar-refractivity contribution in [2.24, 2.45) is 0 Å². The third kappa shape index (κ3) is 6.12. The van der Waals surface area contributed by atoms with Crippen molar-refractivity contribution >= 4 is 52.0 Å². The Morgan fingerprint density at radius 1 is 0.698 bits per heavy atom. The lowest BCUT2D eigenvalue weighted by Gasteiger charge is -2.26. The largest absolute Gasteiger partial charge is 0.489 e. The minimum absolute atomic E-state index is 0.197. The first-order chi connectivity index (χ1) is 21.0. The van der Waals surface area contributed by atoms with Crippen LogP contribution in [0.4, 0.5) is 10.5 Å². The maximum absolute atomic E-state index is 13.7. The molecule has 43 heavy (non-hydrogen) atoms. The number of barbiturate groups is 1. The fraction of sp³-hybridized carbons (Fsp3) is 0.0571. The number of hydrogen-bond acceptors (Lipinski definition) is 5. The molecule has 0 aromatic heterocycles. The highest BCUT2D eigenvalue weighted by Gasteiger charge is 2.37. The zero-order valence-corrected chi connectivity index (χ0v) is 23.6. The summed E-state index contributed by atoms with van der Waals surface area (Å²) in [6, 6.07) is 34.0. The van der Waals surface area contributed by atoms with Gasteiger partial charge in [0.15, 0.2) is 0 Å². The summed E-state index contributed by atoms with van der Waals surface area (Å²) in [5, 5.41) is 4.60. The van der Waals surface area contributed by atoms with Crippen LogP contribution in [-0.2, 0) is 22.8 Å². The quantitative estimate of drug-likeness (QED) is 0.152. The molecule has 0 bridgehead atoms. The summed E-state index contributed by atoms with van der Waals surface area (Å²) in [5.74, 6) is -0.485. The van der Waals surface area contributed by atoms with E-state index in [0.717, 1.165) is 26.8 Å². The van der Waals surface area contributed by atoms with Gasteiger partial charge >= 0.3 is 6.03 Å². The Kier molecular flexibility index (Phi) is 7.89. The molecule has 1 aliphatic heterocycles. The van der Waals surface area contributed by atoms with Gasteiger partial charge in [-0.1, -0.05) is 84.4 Å². The molecule has 212 valence electrons. The highest BCUT2D eigenvalue weighted by atomic mass is 35.5. The molecule has 7 nitrogen and oxygen atoms in total. The number of hydrogen-bond donors (Lipinski definition) is 1. The number of carbonyl (C=O) groups is 3. The van der Waals surface area contributed by atoms with E-state index in [2.05, 4.69) is 5.32 Å². The van der Waals surface area contributed by atoms with Crippen molar-refractivity contribution in [1.82, 2.24) is 5.32 Å². The molecule has 5 aromatic carbocycles. The second-order valence-electron chi connectivity index (χ2n) is 9.84. The molecule has 1 heterocycles. The van der Waals surface area contributed by atoms with Crippen LogP contribution in [0.5, 0.6) is 11.5 Å². The molecular weight excluding hydrogens is 564 g/mol. The van der Waals surface area contributed by atoms with E-state index in [4.69, 9.17) is 21.1 Å². The predicted octanol–water partition coefficient (Wildman–Crippen LogP) is 7.32. The van der Waals surface area contributed by atoms with Gasteiger partial charge in [-0.15, -0.1) is 0 Å². The third-order valence-corrected chi connectivity index (χ3v) is 7.22. The van der Waals surface area contributed by atoms with Gasteiger partial charge in [-0.2, -0.15) is 0 Å². The van der Waals surface area contributed by atoms with Gasteiger partial charge in [-0.25, -0.2) is 9.69 Å². The average Bonchev–Trinajstić information content (AvgIpc) is 3.03. The highest BCUT2D eigenvalue weighted by Crippen LogP contribution is 2.33. The molecule has 0 saturated carbocycles. The van der Waals surface area contributed by atoms with Crippen LogP contribution >= 0.6 is 11.6 Å². The van der Waals surface area contributed by atoms with Crippen molar-refractivity contribution in [2.45, 2.75) is 13.2 Å². The molecular formula is C35H25ClN2O5. The molecule has 8 heteroatoms. The molecule has 0 atom stereocenters. The van der Waals surface area contributed by atoms with Gasteiger partial charge in [0.25, 0.3) is 11.8 Å². The van der Waals surface area contributed by atoms with Gasteiger partial charge in [0, 0.05) is 10.6 Å². The van der Waals surface area contributed by atoms with Crippen molar-refractivity contribution in [3.05, 3.63) is 143 Å². The number of urea groups is 1. The van der Waals surface area contributed by atoms with Gasteiger partial charge < -0.3 is 9.47 Å². The standard InChI is InChI=1S/C35H25ClN2O5/c36-26-13-10-24(11-14-26)22-43-32-19-12-25-8-4-5-9-29(25)30(32)20-31-33(39)37-35(41)38(34(31)40)27-15-17-28(18-16-27)42-21-23-6-2-1-3-7-23/h1-20H,21-22H2,(H,37,39,41)/b31-20+. The number of fused-ring (bicyclic) bond motifs is 1. The average molecular weight is 589 g/mol. The van der Waals surface area contributed by atoms with E-state index in [1.54, 1.807) is 42.5 Å². The summed E-state index contributed by atoms with van der Waals surface area (Å²) >= 11 is 6.01. The van der Waals surface area contributed by atoms with Crippen LogP contribution in [-0.4, -0.2) is 17.8 Å². The number of anilines is 1. The number of imide groups is 2. The van der Waals surface area contributed by atoms with E-state index < -0.39 is 17.8 Å². The van der Waals surface area contributed by atoms with Gasteiger partial charge in [0.2, 0.25) is 0 Å². The molecule has 4 amide bonds. The molecule has 5 aromatic rings. The van der Waals surface area contributed by atoms with E-state index in [9.17, 15) is 14.4 Å². The number of amides is 4. The Labute approximate surface area is 252 Å². The lowest BCUT2D eigenvalue weighted by Crippen LogP contribution is -2.54. The second kappa shape index (κ2) is 12.2. The lowest BCUT2D eigenvalue weighted by atomic mass is 9.99. The van der Waals surface area contributed by atoms with Crippen LogP contribution in [0.2, 0.25) is 5.02 Å². The van der Waals surface area contributed by atoms with Crippen LogP contribution in [0.15, 0.2) is 121 Å². The molecule has 6 rings (SSSR count). The Morgan fingerprint density at radius 3 is 2.14 bits per heavy atom. The monoisotopic (exact) mass is 588 g/mol. The Morgan fingerprint density at radius 2 is 1.37 bits per heavy atom. The van der Waals surface area contributed by atoms with E-state index in [1.165, 1.54) is 6.08 Å². The first kappa shape index (κ1) is 27.8. The molecule has 1 fully saturated rings. The second-order valence-corrected chi connectivity index (χ2v) is 10.3. The van der Waals surface area contributed by atoms with Gasteiger partial charge in [0.05, 0.1) is 5.69 Å². The summed E-state index contributed by atoms with van der Waals surface area (Å²) in [6.45, 7) is 0.618. The molecule has 0 unspecified atom stereocenters. The molecule has 1 saturated heterocycles. The zero-order chi connectivity index (χ0) is 29.8. The number of carbonyl (C=O) groups excluding carboxylic acids is 3. The topological polar surface area (TPSA) is 84.9 Å². The SMILES string of the molecule is O=C1NC(=O)N(c2ccc(OCc3ccccc3)cc2)C(=O)/C1=C/c1c(OCc2ccc(Cl)cc2)ccc2ccccc12. The minimum atomic E-state index is -0.831. The predicted molar refractivity (Wildman–Crippen MR) is 166 cm³/mol. The van der Waals surface area contributed by atoms with Crippen LogP contribution in [0.3, 0.4) is 0 Å². The molecule has 0 aliphatic carbocycles. The Bertz CT molecular complexity index is 1850. The zero-order valence-electron chi connectivity index (χ0n) is 22.8. The Balaban J connectivity index is 1.30. The van der Waals surface area contributed by atoms with Crippen LogP contribution in [0, 0.1) is 0 Å². The van der Waals surface area contributed by atoms with E-state index in [0.29, 0.717) is 34.4 Å². The first-order valence-corrected chi connectivity index (χ1v) is 13.9. The molecule has 1 N–H and O–H groups in total. The van der Waals surface area contributed by atoms with Gasteiger partial charge in [-0.3, -0.25) is 14.9 Å². The highest BCUT2D eigenvalue weighted by molar-refractivity contribution is 6.39. The van der Waals surface area contributed by atoms with E-state index in [1.807, 2.05) is 72.8 Å². The molecule has 0 spiro atoms. The van der Waals surface area contributed by atoms with Gasteiger partial charge in [0.1, 0.15) is 30.3 Å². The number of nitrogens with one attached hydrogen (secondary N) is 1. The summed E-state index contributed by atoms with van der Waals surface area (Å²) < 4.78 is 12.0. The number of benzene rings is 5. The maximum Gasteiger partial charge on any atom is 0.335 e. The molecule has 0 radical (unpaired) electrons. The summed E-state index contributed by atoms with van der Waals surface area (Å²) in [5.41, 5.74) is 2.55. The van der Waals surface area contributed by atoms with Crippen LogP contribution < -0.4 is 19.7 Å². The van der Waals surface area contributed by atoms with Crippen LogP contribution in [0.1, 0.15) is 16.7 Å². The van der Waals surface area contributed by atoms with Crippen molar-refractivity contribution in [2.75, 3.05) is 4.90 Å². The normalized spacial score (nSPS) is 14.2.